The van der Waals surface area contributed by atoms with Gasteiger partial charge in [-0.25, -0.2) is 4.98 Å². The van der Waals surface area contributed by atoms with Crippen LogP contribution in [-0.4, -0.2) is 63.2 Å². The van der Waals surface area contributed by atoms with Gasteiger partial charge in [-0.2, -0.15) is 0 Å². The van der Waals surface area contributed by atoms with Gasteiger partial charge >= 0.3 is 0 Å². The maximum atomic E-state index is 13.2. The van der Waals surface area contributed by atoms with Gasteiger partial charge in [-0.1, -0.05) is 6.92 Å². The van der Waals surface area contributed by atoms with Crippen molar-refractivity contribution in [2.45, 2.75) is 19.4 Å². The summed E-state index contributed by atoms with van der Waals surface area (Å²) < 4.78 is 10.6. The molecule has 1 heterocycles. The number of ether oxygens (including phenoxy) is 2. The number of nitrogens with zero attached hydrogens (tertiary/aromatic N) is 3. The molecule has 1 atom stereocenters. The largest absolute Gasteiger partial charge is 0.497 e. The van der Waals surface area contributed by atoms with Gasteiger partial charge in [0.1, 0.15) is 17.5 Å². The highest BCUT2D eigenvalue weighted by Gasteiger charge is 2.28. The molecule has 1 N–H and O–H groups in total. The van der Waals surface area contributed by atoms with E-state index in [9.17, 15) is 4.79 Å². The quantitative estimate of drug-likeness (QED) is 0.449. The van der Waals surface area contributed by atoms with Crippen molar-refractivity contribution in [1.29, 1.82) is 0 Å². The van der Waals surface area contributed by atoms with Crippen LogP contribution in [0.3, 0.4) is 0 Å². The van der Waals surface area contributed by atoms with E-state index in [0.717, 1.165) is 40.1 Å². The van der Waals surface area contributed by atoms with Crippen molar-refractivity contribution in [1.82, 2.24) is 15.2 Å². The predicted octanol–water partition coefficient (Wildman–Crippen LogP) is 4.42. The second-order valence-corrected chi connectivity index (χ2v) is 8.67. The third-order valence-electron chi connectivity index (χ3n) is 5.29. The summed E-state index contributed by atoms with van der Waals surface area (Å²) in [4.78, 5) is 22.1. The van der Waals surface area contributed by atoms with Gasteiger partial charge in [-0.3, -0.25) is 4.79 Å². The molecule has 0 aliphatic heterocycles. The Morgan fingerprint density at radius 1 is 1.03 bits per heavy atom. The molecule has 7 nitrogen and oxygen atoms in total. The predicted molar refractivity (Wildman–Crippen MR) is 135 cm³/mol. The topological polar surface area (TPSA) is 66.9 Å². The van der Waals surface area contributed by atoms with Crippen molar-refractivity contribution in [2.75, 3.05) is 46.3 Å². The molecule has 0 spiro atoms. The zero-order valence-electron chi connectivity index (χ0n) is 19.9. The fourth-order valence-corrected chi connectivity index (χ4v) is 4.34. The number of carbonyl (C=O) groups excluding carboxylic acids is 1. The van der Waals surface area contributed by atoms with Crippen molar-refractivity contribution in [2.24, 2.45) is 0 Å². The third-order valence-corrected chi connectivity index (χ3v) is 6.13. The Morgan fingerprint density at radius 2 is 1.64 bits per heavy atom. The normalized spacial score (nSPS) is 11.8. The number of thiazole rings is 1. The number of carbonyl (C=O) groups is 1. The molecule has 1 aromatic heterocycles. The Balaban J connectivity index is 1.94. The highest BCUT2D eigenvalue weighted by atomic mass is 32.1. The van der Waals surface area contributed by atoms with Crippen LogP contribution in [0.1, 0.15) is 13.3 Å². The maximum Gasteiger partial charge on any atom is 0.243 e. The fraction of sp³-hybridized carbons (Fsp3) is 0.360. The van der Waals surface area contributed by atoms with Crippen LogP contribution in [0.25, 0.3) is 11.3 Å². The molecule has 3 aromatic rings. The van der Waals surface area contributed by atoms with Crippen LogP contribution in [0.5, 0.6) is 11.5 Å². The lowest BCUT2D eigenvalue weighted by atomic mass is 10.1. The number of amides is 1. The summed E-state index contributed by atoms with van der Waals surface area (Å²) in [5.74, 6) is 1.55. The van der Waals surface area contributed by atoms with Gasteiger partial charge in [-0.15, -0.1) is 11.3 Å². The van der Waals surface area contributed by atoms with E-state index >= 15 is 0 Å². The number of benzene rings is 2. The second kappa shape index (κ2) is 11.7. The van der Waals surface area contributed by atoms with Crippen molar-refractivity contribution in [3.05, 3.63) is 53.9 Å². The minimum Gasteiger partial charge on any atom is -0.497 e. The monoisotopic (exact) mass is 468 g/mol. The first kappa shape index (κ1) is 24.5. The minimum atomic E-state index is -0.393. The van der Waals surface area contributed by atoms with E-state index in [4.69, 9.17) is 14.5 Å². The molecular weight excluding hydrogens is 436 g/mol. The van der Waals surface area contributed by atoms with E-state index in [2.05, 4.69) is 5.32 Å². The number of rotatable bonds is 11. The molecule has 0 fully saturated rings. The van der Waals surface area contributed by atoms with E-state index in [0.29, 0.717) is 13.0 Å². The SMILES string of the molecule is CC[C@H](C(=O)NCCN(C)C)N(c1ccc(OC)cc1)c1nc(-c2ccc(OC)cc2)cs1. The molecular formula is C25H32N4O3S. The Kier molecular flexibility index (Phi) is 8.68. The number of aromatic nitrogens is 1. The Hall–Kier alpha value is -3.10. The molecule has 1 amide bonds. The van der Waals surface area contributed by atoms with Gasteiger partial charge in [0, 0.05) is 29.7 Å². The van der Waals surface area contributed by atoms with E-state index < -0.39 is 6.04 Å². The standard InChI is InChI=1S/C25H32N4O3S/c1-6-23(24(30)26-15-16-28(2)3)29(19-9-13-21(32-5)14-10-19)25-27-22(17-33-25)18-7-11-20(31-4)12-8-18/h7-14,17,23H,6,15-16H2,1-5H3,(H,26,30)/t23-/m1/s1. The first-order valence-corrected chi connectivity index (χ1v) is 11.8. The Morgan fingerprint density at radius 3 is 2.18 bits per heavy atom. The lowest BCUT2D eigenvalue weighted by molar-refractivity contribution is -0.122. The number of likely N-dealkylation sites (N-methyl/N-ethyl adjacent to an activating group) is 1. The van der Waals surface area contributed by atoms with Gasteiger partial charge in [0.15, 0.2) is 5.13 Å². The number of nitrogens with one attached hydrogen (secondary N) is 1. The number of anilines is 2. The number of hydrogen-bond acceptors (Lipinski definition) is 7. The van der Waals surface area contributed by atoms with Crippen LogP contribution >= 0.6 is 11.3 Å². The molecule has 3 rings (SSSR count). The van der Waals surface area contributed by atoms with Crippen molar-refractivity contribution < 1.29 is 14.3 Å². The third kappa shape index (κ3) is 6.24. The van der Waals surface area contributed by atoms with Gasteiger partial charge in [-0.05, 0) is 69.0 Å². The van der Waals surface area contributed by atoms with Crippen molar-refractivity contribution in [3.8, 4) is 22.8 Å². The summed E-state index contributed by atoms with van der Waals surface area (Å²) in [5, 5.41) is 5.86. The molecule has 176 valence electrons. The molecule has 0 saturated heterocycles. The molecule has 8 heteroatoms. The van der Waals surface area contributed by atoms with Gasteiger partial charge in [0.25, 0.3) is 0 Å². The van der Waals surface area contributed by atoms with Crippen LogP contribution in [0.4, 0.5) is 10.8 Å². The molecule has 0 unspecified atom stereocenters. The maximum absolute atomic E-state index is 13.2. The van der Waals surface area contributed by atoms with Crippen LogP contribution in [-0.2, 0) is 4.79 Å². The fourth-order valence-electron chi connectivity index (χ4n) is 3.44. The highest BCUT2D eigenvalue weighted by Crippen LogP contribution is 2.35. The smallest absolute Gasteiger partial charge is 0.243 e. The molecule has 0 aliphatic rings. The molecule has 2 aromatic carbocycles. The van der Waals surface area contributed by atoms with Gasteiger partial charge in [0.2, 0.25) is 5.91 Å². The van der Waals surface area contributed by atoms with Crippen LogP contribution in [0, 0.1) is 0 Å². The molecule has 0 aliphatic carbocycles. The van der Waals surface area contributed by atoms with Crippen molar-refractivity contribution in [3.63, 3.8) is 0 Å². The molecule has 0 saturated carbocycles. The van der Waals surface area contributed by atoms with Crippen LogP contribution in [0.15, 0.2) is 53.9 Å². The van der Waals surface area contributed by atoms with E-state index in [1.54, 1.807) is 14.2 Å². The van der Waals surface area contributed by atoms with E-state index in [1.165, 1.54) is 11.3 Å². The average Bonchev–Trinajstić information content (AvgIpc) is 3.32. The second-order valence-electron chi connectivity index (χ2n) is 7.83. The summed E-state index contributed by atoms with van der Waals surface area (Å²) in [6.07, 6.45) is 0.636. The van der Waals surface area contributed by atoms with Gasteiger partial charge in [0.05, 0.1) is 19.9 Å². The molecule has 0 radical (unpaired) electrons. The zero-order valence-corrected chi connectivity index (χ0v) is 20.7. The van der Waals surface area contributed by atoms with E-state index in [-0.39, 0.29) is 5.91 Å². The number of hydrogen-bond donors (Lipinski definition) is 1. The Bertz CT molecular complexity index is 1020. The summed E-state index contributed by atoms with van der Waals surface area (Å²) in [6, 6.07) is 15.1. The van der Waals surface area contributed by atoms with Crippen molar-refractivity contribution >= 4 is 28.1 Å². The Labute approximate surface area is 200 Å². The highest BCUT2D eigenvalue weighted by molar-refractivity contribution is 7.14. The zero-order chi connectivity index (χ0) is 23.8. The van der Waals surface area contributed by atoms with Crippen LogP contribution < -0.4 is 19.7 Å². The average molecular weight is 469 g/mol. The summed E-state index contributed by atoms with van der Waals surface area (Å²) in [7, 11) is 7.27. The first-order valence-electron chi connectivity index (χ1n) is 10.9. The minimum absolute atomic E-state index is 0.0173. The lowest BCUT2D eigenvalue weighted by Gasteiger charge is -2.30. The van der Waals surface area contributed by atoms with Crippen LogP contribution in [0.2, 0.25) is 0 Å². The first-order chi connectivity index (χ1) is 16.0. The van der Waals surface area contributed by atoms with Gasteiger partial charge < -0.3 is 24.6 Å². The summed E-state index contributed by atoms with van der Waals surface area (Å²) in [5.41, 5.74) is 2.75. The summed E-state index contributed by atoms with van der Waals surface area (Å²) >= 11 is 1.52. The van der Waals surface area contributed by atoms with E-state index in [1.807, 2.05) is 84.7 Å². The number of methoxy groups -OCH3 is 2. The molecule has 0 bridgehead atoms. The lowest BCUT2D eigenvalue weighted by Crippen LogP contribution is -2.46. The molecule has 33 heavy (non-hydrogen) atoms. The summed E-state index contributed by atoms with van der Waals surface area (Å²) in [6.45, 7) is 3.39.